The van der Waals surface area contributed by atoms with Crippen molar-refractivity contribution < 1.29 is 24.2 Å². The number of ketones is 1. The van der Waals surface area contributed by atoms with E-state index in [9.17, 15) is 14.4 Å². The molecule has 19 heavy (non-hydrogen) atoms. The molecule has 6 heteroatoms. The van der Waals surface area contributed by atoms with Gasteiger partial charge in [-0.3, -0.25) is 4.79 Å². The van der Waals surface area contributed by atoms with Crippen LogP contribution in [0.2, 0.25) is 0 Å². The van der Waals surface area contributed by atoms with Crippen molar-refractivity contribution in [3.05, 3.63) is 34.9 Å². The first kappa shape index (κ1) is 15.4. The molecule has 5 nitrogen and oxygen atoms in total. The third-order valence-electron chi connectivity index (χ3n) is 2.42. The van der Waals surface area contributed by atoms with Gasteiger partial charge in [0.25, 0.3) is 0 Å². The minimum absolute atomic E-state index is 0.0557. The SMILES string of the molecule is CCOC(=O)c1cccc(C(=O)O)c1CC(=O)CBr. The number of benzene rings is 1. The van der Waals surface area contributed by atoms with E-state index in [1.165, 1.54) is 18.2 Å². The zero-order chi connectivity index (χ0) is 14.4. The number of esters is 1. The number of carbonyl (C=O) groups excluding carboxylic acids is 2. The standard InChI is InChI=1S/C13H13BrO5/c1-2-19-13(18)10-5-3-4-9(12(16)17)11(10)6-8(15)7-14/h3-5H,2,6-7H2,1H3,(H,16,17). The van der Waals surface area contributed by atoms with Gasteiger partial charge in [0, 0.05) is 6.42 Å². The fraction of sp³-hybridized carbons (Fsp3) is 0.308. The Labute approximate surface area is 118 Å². The Bertz CT molecular complexity index is 510. The third kappa shape index (κ3) is 3.89. The topological polar surface area (TPSA) is 80.7 Å². The smallest absolute Gasteiger partial charge is 0.338 e. The number of rotatable bonds is 6. The highest BCUT2D eigenvalue weighted by molar-refractivity contribution is 9.09. The van der Waals surface area contributed by atoms with Gasteiger partial charge in [-0.2, -0.15) is 0 Å². The van der Waals surface area contributed by atoms with Gasteiger partial charge < -0.3 is 9.84 Å². The summed E-state index contributed by atoms with van der Waals surface area (Å²) < 4.78 is 4.86. The second-order valence-corrected chi connectivity index (χ2v) is 4.27. The highest BCUT2D eigenvalue weighted by atomic mass is 79.9. The predicted molar refractivity (Wildman–Crippen MR) is 71.9 cm³/mol. The zero-order valence-electron chi connectivity index (χ0n) is 10.3. The Morgan fingerprint density at radius 1 is 1.26 bits per heavy atom. The summed E-state index contributed by atoms with van der Waals surface area (Å²) in [5.74, 6) is -2.01. The number of carbonyl (C=O) groups is 3. The molecular weight excluding hydrogens is 316 g/mol. The van der Waals surface area contributed by atoms with E-state index in [2.05, 4.69) is 15.9 Å². The zero-order valence-corrected chi connectivity index (χ0v) is 11.9. The van der Waals surface area contributed by atoms with Gasteiger partial charge in [0.15, 0.2) is 0 Å². The van der Waals surface area contributed by atoms with E-state index in [0.717, 1.165) is 0 Å². The van der Waals surface area contributed by atoms with E-state index < -0.39 is 11.9 Å². The maximum atomic E-state index is 11.8. The third-order valence-corrected chi connectivity index (χ3v) is 3.05. The molecule has 0 spiro atoms. The van der Waals surface area contributed by atoms with Crippen molar-refractivity contribution in [2.45, 2.75) is 13.3 Å². The molecule has 1 N–H and O–H groups in total. The van der Waals surface area contributed by atoms with E-state index in [-0.39, 0.29) is 40.8 Å². The summed E-state index contributed by atoms with van der Waals surface area (Å²) in [6.45, 7) is 1.84. The first-order valence-corrected chi connectivity index (χ1v) is 6.73. The molecule has 0 aliphatic rings. The number of carboxylic acids is 1. The summed E-state index contributed by atoms with van der Waals surface area (Å²) in [4.78, 5) is 34.4. The average molecular weight is 329 g/mol. The quantitative estimate of drug-likeness (QED) is 0.638. The Morgan fingerprint density at radius 3 is 2.42 bits per heavy atom. The van der Waals surface area contributed by atoms with E-state index in [1.54, 1.807) is 6.92 Å². The largest absolute Gasteiger partial charge is 0.478 e. The minimum atomic E-state index is -1.18. The first-order valence-electron chi connectivity index (χ1n) is 5.61. The van der Waals surface area contributed by atoms with Crippen molar-refractivity contribution in [2.75, 3.05) is 11.9 Å². The highest BCUT2D eigenvalue weighted by Crippen LogP contribution is 2.18. The number of hydrogen-bond acceptors (Lipinski definition) is 4. The molecule has 0 saturated heterocycles. The maximum Gasteiger partial charge on any atom is 0.338 e. The number of aromatic carboxylic acids is 1. The van der Waals surface area contributed by atoms with Crippen molar-refractivity contribution in [3.63, 3.8) is 0 Å². The number of alkyl halides is 1. The van der Waals surface area contributed by atoms with Crippen molar-refractivity contribution in [1.29, 1.82) is 0 Å². The van der Waals surface area contributed by atoms with Crippen LogP contribution in [0.4, 0.5) is 0 Å². The molecule has 1 rings (SSSR count). The van der Waals surface area contributed by atoms with Crippen molar-refractivity contribution in [2.24, 2.45) is 0 Å². The van der Waals surface area contributed by atoms with Crippen LogP contribution in [0.3, 0.4) is 0 Å². The number of halogens is 1. The van der Waals surface area contributed by atoms with Gasteiger partial charge in [0.1, 0.15) is 5.78 Å². The van der Waals surface area contributed by atoms with E-state index in [0.29, 0.717) is 0 Å². The average Bonchev–Trinajstić information content (AvgIpc) is 2.38. The van der Waals surface area contributed by atoms with Crippen LogP contribution in [0, 0.1) is 0 Å². The predicted octanol–water partition coefficient (Wildman–Crippen LogP) is 2.07. The molecule has 0 aliphatic heterocycles. The lowest BCUT2D eigenvalue weighted by Crippen LogP contribution is -2.16. The molecule has 0 saturated carbocycles. The number of hydrogen-bond donors (Lipinski definition) is 1. The summed E-state index contributed by atoms with van der Waals surface area (Å²) in [5.41, 5.74) is 0.258. The van der Waals surface area contributed by atoms with Crippen LogP contribution in [0.1, 0.15) is 33.2 Å². The molecule has 1 aromatic carbocycles. The van der Waals surface area contributed by atoms with Crippen LogP contribution < -0.4 is 0 Å². The van der Waals surface area contributed by atoms with Gasteiger partial charge in [0.2, 0.25) is 0 Å². The summed E-state index contributed by atoms with van der Waals surface area (Å²) in [6.07, 6.45) is -0.123. The van der Waals surface area contributed by atoms with Crippen LogP contribution in [0.25, 0.3) is 0 Å². The van der Waals surface area contributed by atoms with Crippen molar-refractivity contribution in [3.8, 4) is 0 Å². The van der Waals surface area contributed by atoms with Gasteiger partial charge >= 0.3 is 11.9 Å². The normalized spacial score (nSPS) is 10.0. The van der Waals surface area contributed by atoms with Crippen LogP contribution in [0.5, 0.6) is 0 Å². The Balaban J connectivity index is 3.29. The van der Waals surface area contributed by atoms with Crippen molar-refractivity contribution >= 4 is 33.7 Å². The Hall–Kier alpha value is -1.69. The Kier molecular flexibility index (Phi) is 5.69. The van der Waals surface area contributed by atoms with Crippen LogP contribution in [-0.4, -0.2) is 34.8 Å². The van der Waals surface area contributed by atoms with E-state index in [4.69, 9.17) is 9.84 Å². The van der Waals surface area contributed by atoms with Gasteiger partial charge in [-0.05, 0) is 24.6 Å². The lowest BCUT2D eigenvalue weighted by atomic mass is 9.96. The molecule has 0 bridgehead atoms. The number of ether oxygens (including phenoxy) is 1. The second-order valence-electron chi connectivity index (χ2n) is 3.71. The van der Waals surface area contributed by atoms with Gasteiger partial charge in [0.05, 0.1) is 23.1 Å². The van der Waals surface area contributed by atoms with Gasteiger partial charge in [-0.1, -0.05) is 22.0 Å². The fourth-order valence-electron chi connectivity index (χ4n) is 1.62. The second kappa shape index (κ2) is 7.04. The molecule has 0 unspecified atom stereocenters. The molecule has 0 aromatic heterocycles. The molecule has 0 radical (unpaired) electrons. The maximum absolute atomic E-state index is 11.8. The molecule has 0 amide bonds. The molecule has 0 atom stereocenters. The molecule has 1 aromatic rings. The summed E-state index contributed by atoms with van der Waals surface area (Å²) in [5, 5.41) is 9.21. The lowest BCUT2D eigenvalue weighted by molar-refractivity contribution is -0.115. The molecule has 0 fully saturated rings. The van der Waals surface area contributed by atoms with Crippen LogP contribution >= 0.6 is 15.9 Å². The minimum Gasteiger partial charge on any atom is -0.478 e. The van der Waals surface area contributed by atoms with Crippen LogP contribution in [-0.2, 0) is 16.0 Å². The number of carboxylic acid groups (broad SMARTS) is 1. The molecule has 0 aliphatic carbocycles. The lowest BCUT2D eigenvalue weighted by Gasteiger charge is -2.10. The van der Waals surface area contributed by atoms with Crippen LogP contribution in [0.15, 0.2) is 18.2 Å². The molecule has 0 heterocycles. The summed E-state index contributed by atoms with van der Waals surface area (Å²) >= 11 is 3.01. The van der Waals surface area contributed by atoms with Crippen molar-refractivity contribution in [1.82, 2.24) is 0 Å². The van der Waals surface area contributed by atoms with Gasteiger partial charge in [-0.25, -0.2) is 9.59 Å². The Morgan fingerprint density at radius 2 is 1.89 bits per heavy atom. The van der Waals surface area contributed by atoms with Gasteiger partial charge in [-0.15, -0.1) is 0 Å². The molecule has 102 valence electrons. The molecular formula is C13H13BrO5. The first-order chi connectivity index (χ1) is 9.01. The summed E-state index contributed by atoms with van der Waals surface area (Å²) in [7, 11) is 0. The summed E-state index contributed by atoms with van der Waals surface area (Å²) in [6, 6.07) is 4.28. The monoisotopic (exact) mass is 328 g/mol. The fourth-order valence-corrected chi connectivity index (χ4v) is 1.82. The van der Waals surface area contributed by atoms with E-state index >= 15 is 0 Å². The van der Waals surface area contributed by atoms with E-state index in [1.807, 2.05) is 0 Å². The highest BCUT2D eigenvalue weighted by Gasteiger charge is 2.21. The number of Topliss-reactive ketones (excluding diaryl/α,β-unsaturated/α-hetero) is 1.